The number of ether oxygens (including phenoxy) is 1. The normalized spacial score (nSPS) is 18.8. The number of sulfonamides is 1. The second kappa shape index (κ2) is 7.91. The summed E-state index contributed by atoms with van der Waals surface area (Å²) in [4.78, 5) is 6.58. The van der Waals surface area contributed by atoms with E-state index in [1.54, 1.807) is 24.3 Å². The van der Waals surface area contributed by atoms with E-state index in [2.05, 4.69) is 16.0 Å². The molecule has 2 aromatic rings. The fourth-order valence-electron chi connectivity index (χ4n) is 3.53. The van der Waals surface area contributed by atoms with E-state index in [9.17, 15) is 13.7 Å². The van der Waals surface area contributed by atoms with Gasteiger partial charge in [0.25, 0.3) is 0 Å². The molecule has 0 unspecified atom stereocenters. The molecule has 0 saturated carbocycles. The van der Waals surface area contributed by atoms with Crippen LogP contribution in [0.2, 0.25) is 0 Å². The second-order valence-electron chi connectivity index (χ2n) is 6.87. The van der Waals surface area contributed by atoms with Crippen molar-refractivity contribution >= 4 is 15.9 Å². The topological polar surface area (TPSA) is 99.7 Å². The Labute approximate surface area is 164 Å². The van der Waals surface area contributed by atoms with E-state index in [4.69, 9.17) is 9.15 Å². The molecule has 2 aliphatic rings. The molecule has 2 fully saturated rings. The fourth-order valence-corrected chi connectivity index (χ4v) is 4.93. The highest BCUT2D eigenvalue weighted by molar-refractivity contribution is 7.89. The van der Waals surface area contributed by atoms with E-state index in [0.29, 0.717) is 43.6 Å². The average Bonchev–Trinajstić information content (AvgIpc) is 3.20. The van der Waals surface area contributed by atoms with Gasteiger partial charge in [0, 0.05) is 31.7 Å². The van der Waals surface area contributed by atoms with E-state index in [0.717, 1.165) is 25.9 Å². The Morgan fingerprint density at radius 1 is 1.00 bits per heavy atom. The van der Waals surface area contributed by atoms with Gasteiger partial charge in [0.2, 0.25) is 27.5 Å². The summed E-state index contributed by atoms with van der Waals surface area (Å²) in [5, 5.41) is 9.41. The molecule has 0 radical (unpaired) electrons. The summed E-state index contributed by atoms with van der Waals surface area (Å²) < 4.78 is 38.0. The molecular weight excluding hydrogens is 380 g/mol. The molecule has 8 nitrogen and oxygen atoms in total. The average molecular weight is 402 g/mol. The first-order chi connectivity index (χ1) is 13.6. The third kappa shape index (κ3) is 3.63. The zero-order valence-corrected chi connectivity index (χ0v) is 16.3. The van der Waals surface area contributed by atoms with Gasteiger partial charge < -0.3 is 14.1 Å². The Balaban J connectivity index is 1.59. The molecule has 0 aliphatic carbocycles. The summed E-state index contributed by atoms with van der Waals surface area (Å²) in [5.74, 6) is 0.828. The van der Waals surface area contributed by atoms with Crippen molar-refractivity contribution in [1.82, 2.24) is 9.29 Å². The van der Waals surface area contributed by atoms with Crippen LogP contribution in [0.3, 0.4) is 0 Å². The Morgan fingerprint density at radius 3 is 2.32 bits per heavy atom. The lowest BCUT2D eigenvalue weighted by Gasteiger charge is -2.26. The van der Waals surface area contributed by atoms with Crippen molar-refractivity contribution in [3.05, 3.63) is 30.0 Å². The Hall–Kier alpha value is -2.41. The number of aromatic nitrogens is 1. The lowest BCUT2D eigenvalue weighted by molar-refractivity contribution is 0.0730. The van der Waals surface area contributed by atoms with E-state index in [-0.39, 0.29) is 10.6 Å². The predicted octanol–water partition coefficient (Wildman–Crippen LogP) is 2.22. The van der Waals surface area contributed by atoms with Crippen LogP contribution in [0.5, 0.6) is 0 Å². The largest absolute Gasteiger partial charge is 0.419 e. The minimum atomic E-state index is -3.54. The van der Waals surface area contributed by atoms with E-state index >= 15 is 0 Å². The highest BCUT2D eigenvalue weighted by Crippen LogP contribution is 2.30. The van der Waals surface area contributed by atoms with Crippen LogP contribution >= 0.6 is 0 Å². The van der Waals surface area contributed by atoms with E-state index < -0.39 is 10.0 Å². The van der Waals surface area contributed by atoms with E-state index in [1.165, 1.54) is 10.7 Å². The lowest BCUT2D eigenvalue weighted by atomic mass is 10.1. The van der Waals surface area contributed by atoms with Crippen LogP contribution in [0.25, 0.3) is 11.5 Å². The number of nitrogens with zero attached hydrogens (tertiary/aromatic N) is 4. The summed E-state index contributed by atoms with van der Waals surface area (Å²) in [6.07, 6.45) is 3.31. The van der Waals surface area contributed by atoms with Gasteiger partial charge in [-0.3, -0.25) is 0 Å². The number of morpholine rings is 1. The molecule has 2 saturated heterocycles. The highest BCUT2D eigenvalue weighted by Gasteiger charge is 2.27. The minimum absolute atomic E-state index is 0.224. The lowest BCUT2D eigenvalue weighted by Crippen LogP contribution is -2.40. The Kier molecular flexibility index (Phi) is 5.35. The first kappa shape index (κ1) is 18.9. The SMILES string of the molecule is N#Cc1nc(-c2ccc(S(=O)(=O)N3CCOCC3)cc2)oc1N1CCCCC1. The number of nitriles is 1. The number of hydrogen-bond acceptors (Lipinski definition) is 7. The van der Waals surface area contributed by atoms with Crippen molar-refractivity contribution in [3.8, 4) is 17.5 Å². The number of piperidine rings is 1. The third-order valence-corrected chi connectivity index (χ3v) is 6.98. The van der Waals surface area contributed by atoms with Gasteiger partial charge in [0.1, 0.15) is 6.07 Å². The summed E-state index contributed by atoms with van der Waals surface area (Å²) in [5.41, 5.74) is 0.905. The van der Waals surface area contributed by atoms with Crippen molar-refractivity contribution in [1.29, 1.82) is 5.26 Å². The molecule has 9 heteroatoms. The smallest absolute Gasteiger partial charge is 0.243 e. The maximum atomic E-state index is 12.7. The zero-order valence-electron chi connectivity index (χ0n) is 15.5. The van der Waals surface area contributed by atoms with Crippen molar-refractivity contribution in [2.45, 2.75) is 24.2 Å². The summed E-state index contributed by atoms with van der Waals surface area (Å²) in [6, 6.07) is 8.54. The first-order valence-corrected chi connectivity index (χ1v) is 10.9. The Bertz CT molecular complexity index is 966. The molecule has 2 aliphatic heterocycles. The number of oxazole rings is 1. The molecular formula is C19H22N4O4S. The number of hydrogen-bond donors (Lipinski definition) is 0. The maximum Gasteiger partial charge on any atom is 0.243 e. The van der Waals surface area contributed by atoms with Gasteiger partial charge in [-0.05, 0) is 43.5 Å². The molecule has 0 N–H and O–H groups in total. The van der Waals surface area contributed by atoms with Crippen molar-refractivity contribution in [3.63, 3.8) is 0 Å². The predicted molar refractivity (Wildman–Crippen MR) is 102 cm³/mol. The summed E-state index contributed by atoms with van der Waals surface area (Å²) >= 11 is 0. The van der Waals surface area contributed by atoms with Gasteiger partial charge in [0.15, 0.2) is 0 Å². The van der Waals surface area contributed by atoms with Crippen molar-refractivity contribution in [2.24, 2.45) is 0 Å². The van der Waals surface area contributed by atoms with Crippen molar-refractivity contribution in [2.75, 3.05) is 44.3 Å². The minimum Gasteiger partial charge on any atom is -0.419 e. The number of rotatable bonds is 4. The monoisotopic (exact) mass is 402 g/mol. The molecule has 4 rings (SSSR count). The molecule has 0 amide bonds. The standard InChI is InChI=1S/C19H22N4O4S/c20-14-17-19(22-8-2-1-3-9-22)27-18(21-17)15-4-6-16(7-5-15)28(24,25)23-10-12-26-13-11-23/h4-7H,1-3,8-13H2. The molecule has 148 valence electrons. The fraction of sp³-hybridized carbons (Fsp3) is 0.474. The molecule has 1 aromatic heterocycles. The first-order valence-electron chi connectivity index (χ1n) is 9.44. The highest BCUT2D eigenvalue weighted by atomic mass is 32.2. The van der Waals surface area contributed by atoms with Gasteiger partial charge in [-0.15, -0.1) is 0 Å². The third-order valence-electron chi connectivity index (χ3n) is 5.07. The summed E-state index contributed by atoms with van der Waals surface area (Å²) in [7, 11) is -3.54. The van der Waals surface area contributed by atoms with Crippen LogP contribution in [0.4, 0.5) is 5.88 Å². The molecule has 0 spiro atoms. The number of anilines is 1. The van der Waals surface area contributed by atoms with Gasteiger partial charge >= 0.3 is 0 Å². The van der Waals surface area contributed by atoms with Crippen LogP contribution in [-0.2, 0) is 14.8 Å². The zero-order chi connectivity index (χ0) is 19.6. The van der Waals surface area contributed by atoms with Crippen LogP contribution in [0, 0.1) is 11.3 Å². The van der Waals surface area contributed by atoms with Gasteiger partial charge in [-0.2, -0.15) is 14.6 Å². The van der Waals surface area contributed by atoms with E-state index in [1.807, 2.05) is 0 Å². The van der Waals surface area contributed by atoms with Gasteiger partial charge in [0.05, 0.1) is 18.1 Å². The quantitative estimate of drug-likeness (QED) is 0.773. The van der Waals surface area contributed by atoms with Crippen LogP contribution in [0.15, 0.2) is 33.6 Å². The summed E-state index contributed by atoms with van der Waals surface area (Å²) in [6.45, 7) is 3.22. The van der Waals surface area contributed by atoms with Crippen molar-refractivity contribution < 1.29 is 17.6 Å². The molecule has 0 bridgehead atoms. The van der Waals surface area contributed by atoms with Gasteiger partial charge in [-0.25, -0.2) is 8.42 Å². The second-order valence-corrected chi connectivity index (χ2v) is 8.81. The Morgan fingerprint density at radius 2 is 1.68 bits per heavy atom. The number of benzene rings is 1. The van der Waals surface area contributed by atoms with Crippen LogP contribution in [-0.4, -0.2) is 57.1 Å². The molecule has 28 heavy (non-hydrogen) atoms. The molecule has 3 heterocycles. The molecule has 0 atom stereocenters. The maximum absolute atomic E-state index is 12.7. The van der Waals surface area contributed by atoms with Gasteiger partial charge in [-0.1, -0.05) is 0 Å². The van der Waals surface area contributed by atoms with Crippen LogP contribution < -0.4 is 4.90 Å². The van der Waals surface area contributed by atoms with Crippen LogP contribution in [0.1, 0.15) is 25.0 Å². The molecule has 1 aromatic carbocycles.